The van der Waals surface area contributed by atoms with Crippen molar-refractivity contribution in [3.05, 3.63) is 64.7 Å². The van der Waals surface area contributed by atoms with E-state index < -0.39 is 10.0 Å². The van der Waals surface area contributed by atoms with E-state index in [1.807, 2.05) is 30.3 Å². The highest BCUT2D eigenvalue weighted by atomic mass is 35.5. The van der Waals surface area contributed by atoms with Gasteiger partial charge in [0.15, 0.2) is 0 Å². The van der Waals surface area contributed by atoms with Gasteiger partial charge in [-0.1, -0.05) is 41.9 Å². The van der Waals surface area contributed by atoms with Crippen LogP contribution in [0.3, 0.4) is 0 Å². The second-order valence-electron chi connectivity index (χ2n) is 4.52. The van der Waals surface area contributed by atoms with Gasteiger partial charge in [0, 0.05) is 12.1 Å². The highest BCUT2D eigenvalue weighted by Crippen LogP contribution is 2.42. The van der Waals surface area contributed by atoms with E-state index in [1.54, 1.807) is 25.2 Å². The molecule has 0 amide bonds. The fourth-order valence-corrected chi connectivity index (χ4v) is 4.19. The molecule has 0 bridgehead atoms. The van der Waals surface area contributed by atoms with Crippen LogP contribution in [0, 0.1) is 0 Å². The van der Waals surface area contributed by atoms with Crippen LogP contribution in [0.25, 0.3) is 0 Å². The van der Waals surface area contributed by atoms with Crippen molar-refractivity contribution in [2.45, 2.75) is 10.9 Å². The third kappa shape index (κ3) is 1.87. The molecule has 0 saturated heterocycles. The Balaban J connectivity index is 2.27. The number of nitrogens with zero attached hydrogens (tertiary/aromatic N) is 1. The van der Waals surface area contributed by atoms with E-state index >= 15 is 0 Å². The van der Waals surface area contributed by atoms with E-state index in [-0.39, 0.29) is 6.04 Å². The number of halogens is 1. The quantitative estimate of drug-likeness (QED) is 0.810. The molecule has 1 atom stereocenters. The van der Waals surface area contributed by atoms with Crippen molar-refractivity contribution >= 4 is 21.6 Å². The lowest BCUT2D eigenvalue weighted by Crippen LogP contribution is -2.24. The molecule has 1 unspecified atom stereocenters. The largest absolute Gasteiger partial charge is 0.244 e. The summed E-state index contributed by atoms with van der Waals surface area (Å²) in [5.41, 5.74) is 1.68. The molecule has 0 saturated carbocycles. The van der Waals surface area contributed by atoms with Crippen LogP contribution in [-0.4, -0.2) is 19.8 Å². The molecule has 3 rings (SSSR count). The van der Waals surface area contributed by atoms with Crippen molar-refractivity contribution in [2.24, 2.45) is 0 Å². The molecule has 0 fully saturated rings. The molecule has 98 valence electrons. The van der Waals surface area contributed by atoms with Gasteiger partial charge in [0.2, 0.25) is 10.0 Å². The zero-order valence-corrected chi connectivity index (χ0v) is 11.8. The number of hydrogen-bond acceptors (Lipinski definition) is 2. The average molecular weight is 294 g/mol. The molecular weight excluding hydrogens is 282 g/mol. The van der Waals surface area contributed by atoms with Crippen molar-refractivity contribution in [3.63, 3.8) is 0 Å². The summed E-state index contributed by atoms with van der Waals surface area (Å²) in [7, 11) is -1.83. The third-order valence-electron chi connectivity index (χ3n) is 3.40. The molecule has 0 radical (unpaired) electrons. The van der Waals surface area contributed by atoms with Crippen LogP contribution in [0.15, 0.2) is 53.4 Å². The summed E-state index contributed by atoms with van der Waals surface area (Å²) in [6.45, 7) is 0. The molecule has 1 aliphatic rings. The number of benzene rings is 2. The molecule has 3 nitrogen and oxygen atoms in total. The smallest absolute Gasteiger partial charge is 0.207 e. The summed E-state index contributed by atoms with van der Waals surface area (Å²) in [5.74, 6) is 0. The van der Waals surface area contributed by atoms with Gasteiger partial charge in [-0.15, -0.1) is 0 Å². The SMILES string of the molecule is CN1C(c2ccccc2)c2cc(Cl)ccc2S1(=O)=O. The number of sulfonamides is 1. The zero-order valence-electron chi connectivity index (χ0n) is 10.2. The normalized spacial score (nSPS) is 21.3. The molecular formula is C14H12ClNO2S. The lowest BCUT2D eigenvalue weighted by molar-refractivity contribution is 0.440. The highest BCUT2D eigenvalue weighted by Gasteiger charge is 2.40. The molecule has 1 aliphatic heterocycles. The minimum absolute atomic E-state index is 0.306. The van der Waals surface area contributed by atoms with E-state index in [2.05, 4.69) is 0 Å². The first-order chi connectivity index (χ1) is 9.01. The van der Waals surface area contributed by atoms with Crippen molar-refractivity contribution < 1.29 is 8.42 Å². The standard InChI is InChI=1S/C14H12ClNO2S/c1-16-14(10-5-3-2-4-6-10)12-9-11(15)7-8-13(12)19(16,17)18/h2-9,14H,1H3. The van der Waals surface area contributed by atoms with Crippen molar-refractivity contribution in [1.29, 1.82) is 0 Å². The van der Waals surface area contributed by atoms with Crippen LogP contribution in [0.4, 0.5) is 0 Å². The first-order valence-corrected chi connectivity index (χ1v) is 7.66. The van der Waals surface area contributed by atoms with E-state index in [0.717, 1.165) is 11.1 Å². The van der Waals surface area contributed by atoms with Crippen LogP contribution >= 0.6 is 11.6 Å². The molecule has 2 aromatic carbocycles. The van der Waals surface area contributed by atoms with Crippen LogP contribution < -0.4 is 0 Å². The topological polar surface area (TPSA) is 37.4 Å². The Morgan fingerprint density at radius 2 is 1.79 bits per heavy atom. The lowest BCUT2D eigenvalue weighted by atomic mass is 9.99. The second kappa shape index (κ2) is 4.34. The van der Waals surface area contributed by atoms with Crippen molar-refractivity contribution in [2.75, 3.05) is 7.05 Å². The molecule has 0 aliphatic carbocycles. The van der Waals surface area contributed by atoms with Crippen LogP contribution in [0.1, 0.15) is 17.2 Å². The number of hydrogen-bond donors (Lipinski definition) is 0. The monoisotopic (exact) mass is 293 g/mol. The molecule has 5 heteroatoms. The Kier molecular flexibility index (Phi) is 2.89. The first kappa shape index (κ1) is 12.7. The van der Waals surface area contributed by atoms with Crippen molar-refractivity contribution in [1.82, 2.24) is 4.31 Å². The van der Waals surface area contributed by atoms with Gasteiger partial charge in [0.25, 0.3) is 0 Å². The number of fused-ring (bicyclic) bond motifs is 1. The summed E-state index contributed by atoms with van der Waals surface area (Å²) >= 11 is 6.00. The summed E-state index contributed by atoms with van der Waals surface area (Å²) in [6, 6.07) is 14.2. The molecule has 0 spiro atoms. The van der Waals surface area contributed by atoms with Gasteiger partial charge in [-0.05, 0) is 29.3 Å². The molecule has 19 heavy (non-hydrogen) atoms. The Morgan fingerprint density at radius 1 is 1.11 bits per heavy atom. The zero-order chi connectivity index (χ0) is 13.6. The van der Waals surface area contributed by atoms with Gasteiger partial charge in [-0.3, -0.25) is 0 Å². The maximum absolute atomic E-state index is 12.4. The van der Waals surface area contributed by atoms with E-state index in [1.165, 1.54) is 4.31 Å². The first-order valence-electron chi connectivity index (χ1n) is 5.84. The fraction of sp³-hybridized carbons (Fsp3) is 0.143. The predicted molar refractivity (Wildman–Crippen MR) is 74.7 cm³/mol. The maximum Gasteiger partial charge on any atom is 0.244 e. The van der Waals surface area contributed by atoms with Crippen LogP contribution in [-0.2, 0) is 10.0 Å². The minimum Gasteiger partial charge on any atom is -0.207 e. The van der Waals surface area contributed by atoms with Gasteiger partial charge < -0.3 is 0 Å². The Labute approximate surface area is 117 Å². The fourth-order valence-electron chi connectivity index (χ4n) is 2.48. The number of rotatable bonds is 1. The van der Waals surface area contributed by atoms with E-state index in [0.29, 0.717) is 9.92 Å². The Hall–Kier alpha value is -1.36. The average Bonchev–Trinajstić information content (AvgIpc) is 2.58. The second-order valence-corrected chi connectivity index (χ2v) is 6.92. The van der Waals surface area contributed by atoms with Gasteiger partial charge in [0.05, 0.1) is 10.9 Å². The van der Waals surface area contributed by atoms with Crippen LogP contribution in [0.5, 0.6) is 0 Å². The maximum atomic E-state index is 12.4. The summed E-state index contributed by atoms with van der Waals surface area (Å²) in [6.07, 6.45) is 0. The predicted octanol–water partition coefficient (Wildman–Crippen LogP) is 3.06. The third-order valence-corrected chi connectivity index (χ3v) is 5.53. The van der Waals surface area contributed by atoms with Crippen molar-refractivity contribution in [3.8, 4) is 0 Å². The minimum atomic E-state index is -3.42. The summed E-state index contributed by atoms with van der Waals surface area (Å²) < 4.78 is 26.1. The van der Waals surface area contributed by atoms with Gasteiger partial charge in [0.1, 0.15) is 0 Å². The van der Waals surface area contributed by atoms with E-state index in [9.17, 15) is 8.42 Å². The van der Waals surface area contributed by atoms with Gasteiger partial charge in [-0.2, -0.15) is 4.31 Å². The molecule has 0 aromatic heterocycles. The van der Waals surface area contributed by atoms with Gasteiger partial charge >= 0.3 is 0 Å². The molecule has 0 N–H and O–H groups in total. The van der Waals surface area contributed by atoms with Gasteiger partial charge in [-0.25, -0.2) is 8.42 Å². The lowest BCUT2D eigenvalue weighted by Gasteiger charge is -2.19. The highest BCUT2D eigenvalue weighted by molar-refractivity contribution is 7.89. The Bertz CT molecular complexity index is 728. The van der Waals surface area contributed by atoms with Crippen LogP contribution in [0.2, 0.25) is 5.02 Å². The summed E-state index contributed by atoms with van der Waals surface area (Å²) in [4.78, 5) is 0.341. The summed E-state index contributed by atoms with van der Waals surface area (Å²) in [5, 5.41) is 0.546. The molecule has 2 aromatic rings. The molecule has 1 heterocycles. The van der Waals surface area contributed by atoms with E-state index in [4.69, 9.17) is 11.6 Å². The Morgan fingerprint density at radius 3 is 2.47 bits per heavy atom.